The highest BCUT2D eigenvalue weighted by molar-refractivity contribution is 5.46. The molecule has 0 aliphatic rings. The topological polar surface area (TPSA) is 39.7 Å². The van der Waals surface area contributed by atoms with E-state index >= 15 is 0 Å². The number of hydrogen-bond acceptors (Lipinski definition) is 4. The lowest BCUT2D eigenvalue weighted by Gasteiger charge is -2.11. The second-order valence-corrected chi connectivity index (χ2v) is 5.14. The van der Waals surface area contributed by atoms with Gasteiger partial charge in [-0.2, -0.15) is 0 Å². The molecule has 2 rings (SSSR count). The minimum atomic E-state index is 0.191. The molecule has 4 heteroatoms. The van der Waals surface area contributed by atoms with Gasteiger partial charge >= 0.3 is 0 Å². The quantitative estimate of drug-likeness (QED) is 0.749. The van der Waals surface area contributed by atoms with Gasteiger partial charge in [-0.05, 0) is 62.4 Å². The van der Waals surface area contributed by atoms with Crippen molar-refractivity contribution in [3.05, 3.63) is 48.5 Å². The average molecular weight is 301 g/mol. The Bertz CT molecular complexity index is 550. The first kappa shape index (κ1) is 16.0. The summed E-state index contributed by atoms with van der Waals surface area (Å²) in [5, 5.41) is 3.31. The largest absolute Gasteiger partial charge is 0.497 e. The van der Waals surface area contributed by atoms with Crippen LogP contribution in [0.15, 0.2) is 48.5 Å². The second-order valence-electron chi connectivity index (χ2n) is 5.14. The first-order chi connectivity index (χ1) is 10.7. The fraction of sp³-hybridized carbons (Fsp3) is 0.333. The zero-order valence-electron chi connectivity index (χ0n) is 13.3. The fourth-order valence-corrected chi connectivity index (χ4v) is 1.96. The molecule has 0 unspecified atom stereocenters. The molecule has 0 aliphatic carbocycles. The van der Waals surface area contributed by atoms with Gasteiger partial charge in [0.15, 0.2) is 0 Å². The van der Waals surface area contributed by atoms with E-state index in [1.165, 1.54) is 0 Å². The minimum Gasteiger partial charge on any atom is -0.497 e. The molecule has 0 spiro atoms. The third-order valence-corrected chi connectivity index (χ3v) is 2.99. The van der Waals surface area contributed by atoms with E-state index in [9.17, 15) is 0 Å². The van der Waals surface area contributed by atoms with Gasteiger partial charge in [0.1, 0.15) is 23.9 Å². The van der Waals surface area contributed by atoms with Crippen LogP contribution in [0, 0.1) is 0 Å². The Balaban J connectivity index is 1.71. The van der Waals surface area contributed by atoms with E-state index in [0.717, 1.165) is 29.5 Å². The monoisotopic (exact) mass is 301 g/mol. The van der Waals surface area contributed by atoms with Crippen molar-refractivity contribution >= 4 is 5.69 Å². The van der Waals surface area contributed by atoms with Crippen molar-refractivity contribution in [1.29, 1.82) is 0 Å². The average Bonchev–Trinajstić information content (AvgIpc) is 2.53. The third kappa shape index (κ3) is 5.20. The zero-order chi connectivity index (χ0) is 15.8. The van der Waals surface area contributed by atoms with Crippen LogP contribution in [0.2, 0.25) is 0 Å². The number of benzene rings is 2. The molecule has 2 aromatic carbocycles. The van der Waals surface area contributed by atoms with Crippen molar-refractivity contribution in [3.8, 4) is 17.2 Å². The van der Waals surface area contributed by atoms with Crippen LogP contribution in [0.3, 0.4) is 0 Å². The van der Waals surface area contributed by atoms with Crippen molar-refractivity contribution < 1.29 is 14.2 Å². The summed E-state index contributed by atoms with van der Waals surface area (Å²) in [7, 11) is 1.65. The molecule has 0 radical (unpaired) electrons. The van der Waals surface area contributed by atoms with Crippen LogP contribution in [-0.2, 0) is 0 Å². The van der Waals surface area contributed by atoms with E-state index in [0.29, 0.717) is 6.61 Å². The number of methoxy groups -OCH3 is 1. The summed E-state index contributed by atoms with van der Waals surface area (Å²) >= 11 is 0. The van der Waals surface area contributed by atoms with Crippen molar-refractivity contribution in [1.82, 2.24) is 0 Å². The summed E-state index contributed by atoms with van der Waals surface area (Å²) in [6.45, 7) is 5.36. The molecule has 22 heavy (non-hydrogen) atoms. The van der Waals surface area contributed by atoms with Crippen LogP contribution >= 0.6 is 0 Å². The Hall–Kier alpha value is -2.36. The van der Waals surface area contributed by atoms with Gasteiger partial charge in [-0.1, -0.05) is 0 Å². The maximum atomic E-state index is 5.66. The van der Waals surface area contributed by atoms with Gasteiger partial charge in [0.05, 0.1) is 13.2 Å². The number of hydrogen-bond donors (Lipinski definition) is 1. The molecule has 0 fully saturated rings. The minimum absolute atomic E-state index is 0.191. The van der Waals surface area contributed by atoms with Crippen molar-refractivity contribution in [3.63, 3.8) is 0 Å². The highest BCUT2D eigenvalue weighted by Gasteiger charge is 1.98. The summed E-state index contributed by atoms with van der Waals surface area (Å²) in [4.78, 5) is 0. The summed E-state index contributed by atoms with van der Waals surface area (Å²) in [6, 6.07) is 15.5. The van der Waals surface area contributed by atoms with Gasteiger partial charge in [0.2, 0.25) is 0 Å². The summed E-state index contributed by atoms with van der Waals surface area (Å²) in [5.41, 5.74) is 1.05. The molecule has 0 aromatic heterocycles. The van der Waals surface area contributed by atoms with Gasteiger partial charge < -0.3 is 19.5 Å². The van der Waals surface area contributed by atoms with Gasteiger partial charge in [0.25, 0.3) is 0 Å². The van der Waals surface area contributed by atoms with E-state index in [1.807, 2.05) is 62.4 Å². The molecule has 0 bridgehead atoms. The molecule has 4 nitrogen and oxygen atoms in total. The molecule has 118 valence electrons. The van der Waals surface area contributed by atoms with Crippen LogP contribution in [0.5, 0.6) is 17.2 Å². The highest BCUT2D eigenvalue weighted by Crippen LogP contribution is 2.18. The predicted molar refractivity (Wildman–Crippen MR) is 89.2 cm³/mol. The Morgan fingerprint density at radius 3 is 2.05 bits per heavy atom. The SMILES string of the molecule is COc1ccc(OCCNc2ccc(OC(C)C)cc2)cc1. The molecule has 0 saturated carbocycles. The van der Waals surface area contributed by atoms with Crippen LogP contribution in [-0.4, -0.2) is 26.4 Å². The van der Waals surface area contributed by atoms with Crippen LogP contribution in [0.4, 0.5) is 5.69 Å². The predicted octanol–water partition coefficient (Wildman–Crippen LogP) is 3.97. The molecular formula is C18H23NO3. The molecule has 0 atom stereocenters. The van der Waals surface area contributed by atoms with E-state index in [-0.39, 0.29) is 6.10 Å². The highest BCUT2D eigenvalue weighted by atomic mass is 16.5. The smallest absolute Gasteiger partial charge is 0.119 e. The lowest BCUT2D eigenvalue weighted by atomic mass is 10.3. The van der Waals surface area contributed by atoms with Crippen LogP contribution in [0.25, 0.3) is 0 Å². The van der Waals surface area contributed by atoms with E-state index in [4.69, 9.17) is 14.2 Å². The molecular weight excluding hydrogens is 278 g/mol. The molecule has 0 heterocycles. The van der Waals surface area contributed by atoms with Crippen molar-refractivity contribution in [2.45, 2.75) is 20.0 Å². The Labute approximate surface area is 132 Å². The number of ether oxygens (including phenoxy) is 3. The Kier molecular flexibility index (Phi) is 5.95. The standard InChI is InChI=1S/C18H23NO3/c1-14(2)22-18-6-4-15(5-7-18)19-12-13-21-17-10-8-16(20-3)9-11-17/h4-11,14,19H,12-13H2,1-3H3. The zero-order valence-corrected chi connectivity index (χ0v) is 13.3. The maximum absolute atomic E-state index is 5.66. The summed E-state index contributed by atoms with van der Waals surface area (Å²) in [5.74, 6) is 2.55. The second kappa shape index (κ2) is 8.17. The molecule has 2 aromatic rings. The van der Waals surface area contributed by atoms with Crippen LogP contribution < -0.4 is 19.5 Å². The molecule has 0 aliphatic heterocycles. The van der Waals surface area contributed by atoms with E-state index in [1.54, 1.807) is 7.11 Å². The van der Waals surface area contributed by atoms with Gasteiger partial charge in [-0.15, -0.1) is 0 Å². The molecule has 1 N–H and O–H groups in total. The van der Waals surface area contributed by atoms with Gasteiger partial charge in [-0.3, -0.25) is 0 Å². The number of nitrogens with one attached hydrogen (secondary N) is 1. The lowest BCUT2D eigenvalue weighted by molar-refractivity contribution is 0.242. The van der Waals surface area contributed by atoms with Crippen molar-refractivity contribution in [2.24, 2.45) is 0 Å². The number of anilines is 1. The van der Waals surface area contributed by atoms with E-state index in [2.05, 4.69) is 5.32 Å². The lowest BCUT2D eigenvalue weighted by Crippen LogP contribution is -2.11. The normalized spacial score (nSPS) is 10.4. The first-order valence-electron chi connectivity index (χ1n) is 7.45. The number of rotatable bonds is 8. The summed E-state index contributed by atoms with van der Waals surface area (Å²) in [6.07, 6.45) is 0.191. The van der Waals surface area contributed by atoms with Crippen molar-refractivity contribution in [2.75, 3.05) is 25.6 Å². The van der Waals surface area contributed by atoms with Gasteiger partial charge in [0, 0.05) is 12.2 Å². The third-order valence-electron chi connectivity index (χ3n) is 2.99. The Morgan fingerprint density at radius 2 is 1.45 bits per heavy atom. The maximum Gasteiger partial charge on any atom is 0.119 e. The Morgan fingerprint density at radius 1 is 0.864 bits per heavy atom. The van der Waals surface area contributed by atoms with Gasteiger partial charge in [-0.25, -0.2) is 0 Å². The fourth-order valence-electron chi connectivity index (χ4n) is 1.96. The van der Waals surface area contributed by atoms with E-state index < -0.39 is 0 Å². The van der Waals surface area contributed by atoms with Crippen LogP contribution in [0.1, 0.15) is 13.8 Å². The molecule has 0 amide bonds. The first-order valence-corrected chi connectivity index (χ1v) is 7.45. The molecule has 0 saturated heterocycles. The summed E-state index contributed by atoms with van der Waals surface area (Å²) < 4.78 is 16.4.